The zero-order chi connectivity index (χ0) is 25.9. The summed E-state index contributed by atoms with van der Waals surface area (Å²) < 4.78 is 6.03. The molecular weight excluding hydrogens is 476 g/mol. The number of amides is 2. The van der Waals surface area contributed by atoms with E-state index >= 15 is 0 Å². The molecule has 3 aromatic carbocycles. The molecule has 6 rings (SSSR count). The Morgan fingerprint density at radius 2 is 1.42 bits per heavy atom. The number of benzene rings is 3. The van der Waals surface area contributed by atoms with Crippen LogP contribution in [0.2, 0.25) is 0 Å². The molecule has 0 bridgehead atoms. The number of carbonyl (C=O) groups is 2. The SMILES string of the molecule is O=C1c2ccccc2C(=O)N1OC(c1ccc(OCc2ccc3ccccc3n2)cc1)C1CCCCCC1. The van der Waals surface area contributed by atoms with Crippen molar-refractivity contribution in [1.82, 2.24) is 10.0 Å². The first kappa shape index (κ1) is 24.3. The van der Waals surface area contributed by atoms with E-state index in [1.54, 1.807) is 24.3 Å². The predicted octanol–water partition coefficient (Wildman–Crippen LogP) is 7.05. The second-order valence-electron chi connectivity index (χ2n) is 10.1. The summed E-state index contributed by atoms with van der Waals surface area (Å²) in [6.07, 6.45) is 6.24. The van der Waals surface area contributed by atoms with Crippen molar-refractivity contribution in [3.63, 3.8) is 0 Å². The number of ether oxygens (including phenoxy) is 1. The van der Waals surface area contributed by atoms with E-state index in [0.29, 0.717) is 17.7 Å². The minimum Gasteiger partial charge on any atom is -0.487 e. The number of fused-ring (bicyclic) bond motifs is 2. The van der Waals surface area contributed by atoms with Gasteiger partial charge in [0.05, 0.1) is 22.3 Å². The van der Waals surface area contributed by atoms with E-state index in [2.05, 4.69) is 11.1 Å². The monoisotopic (exact) mass is 506 g/mol. The molecule has 192 valence electrons. The van der Waals surface area contributed by atoms with Crippen LogP contribution in [0, 0.1) is 5.92 Å². The first-order valence-corrected chi connectivity index (χ1v) is 13.4. The molecule has 1 fully saturated rings. The summed E-state index contributed by atoms with van der Waals surface area (Å²) in [4.78, 5) is 37.0. The number of rotatable bonds is 7. The summed E-state index contributed by atoms with van der Waals surface area (Å²) >= 11 is 0. The smallest absolute Gasteiger partial charge is 0.285 e. The van der Waals surface area contributed by atoms with Crippen LogP contribution < -0.4 is 4.74 Å². The average Bonchev–Trinajstić information content (AvgIpc) is 3.13. The zero-order valence-corrected chi connectivity index (χ0v) is 21.2. The molecule has 1 aromatic heterocycles. The highest BCUT2D eigenvalue weighted by molar-refractivity contribution is 6.20. The molecule has 1 unspecified atom stereocenters. The van der Waals surface area contributed by atoms with Crippen LogP contribution in [0.3, 0.4) is 0 Å². The lowest BCUT2D eigenvalue weighted by molar-refractivity contribution is -0.154. The van der Waals surface area contributed by atoms with Gasteiger partial charge in [0.2, 0.25) is 0 Å². The second kappa shape index (κ2) is 10.8. The van der Waals surface area contributed by atoms with Crippen LogP contribution in [-0.2, 0) is 11.4 Å². The molecule has 4 aromatic rings. The first-order valence-electron chi connectivity index (χ1n) is 13.4. The van der Waals surface area contributed by atoms with Crippen LogP contribution in [0.5, 0.6) is 5.75 Å². The van der Waals surface area contributed by atoms with E-state index in [1.807, 2.05) is 54.6 Å². The third kappa shape index (κ3) is 4.92. The van der Waals surface area contributed by atoms with Gasteiger partial charge in [-0.2, -0.15) is 0 Å². The van der Waals surface area contributed by atoms with E-state index in [-0.39, 0.29) is 5.92 Å². The van der Waals surface area contributed by atoms with Gasteiger partial charge < -0.3 is 4.74 Å². The van der Waals surface area contributed by atoms with Crippen molar-refractivity contribution in [2.24, 2.45) is 5.92 Å². The molecule has 2 amide bonds. The number of hydroxylamine groups is 2. The molecule has 0 radical (unpaired) electrons. The van der Waals surface area contributed by atoms with Crippen LogP contribution >= 0.6 is 0 Å². The van der Waals surface area contributed by atoms with Gasteiger partial charge in [-0.3, -0.25) is 14.4 Å². The number of imide groups is 1. The Kier molecular flexibility index (Phi) is 6.88. The van der Waals surface area contributed by atoms with Crippen molar-refractivity contribution >= 4 is 22.7 Å². The Labute approximate surface area is 222 Å². The molecule has 1 atom stereocenters. The zero-order valence-electron chi connectivity index (χ0n) is 21.2. The van der Waals surface area contributed by atoms with E-state index < -0.39 is 17.9 Å². The Bertz CT molecular complexity index is 1420. The second-order valence-corrected chi connectivity index (χ2v) is 10.1. The number of hydrogen-bond acceptors (Lipinski definition) is 5. The number of nitrogens with zero attached hydrogens (tertiary/aromatic N) is 2. The molecule has 1 saturated carbocycles. The van der Waals surface area contributed by atoms with Gasteiger partial charge in [0.1, 0.15) is 18.5 Å². The minimum atomic E-state index is -0.397. The third-order valence-corrected chi connectivity index (χ3v) is 7.56. The highest BCUT2D eigenvalue weighted by Crippen LogP contribution is 2.39. The summed E-state index contributed by atoms with van der Waals surface area (Å²) in [5, 5.41) is 2.07. The van der Waals surface area contributed by atoms with E-state index in [0.717, 1.165) is 58.7 Å². The Hall–Kier alpha value is -4.03. The quantitative estimate of drug-likeness (QED) is 0.198. The van der Waals surface area contributed by atoms with Gasteiger partial charge in [0.25, 0.3) is 11.8 Å². The summed E-state index contributed by atoms with van der Waals surface area (Å²) in [5.41, 5.74) is 3.52. The maximum atomic E-state index is 13.0. The lowest BCUT2D eigenvalue weighted by Gasteiger charge is -2.29. The van der Waals surface area contributed by atoms with Gasteiger partial charge in [0.15, 0.2) is 0 Å². The molecule has 38 heavy (non-hydrogen) atoms. The molecule has 1 aliphatic carbocycles. The van der Waals surface area contributed by atoms with Gasteiger partial charge >= 0.3 is 0 Å². The minimum absolute atomic E-state index is 0.218. The average molecular weight is 507 g/mol. The molecule has 2 heterocycles. The standard InChI is InChI=1S/C32H30N2O4/c35-31-27-12-6-7-13-28(27)32(36)34(31)38-30(23-10-3-1-2-4-11-23)24-16-19-26(20-17-24)37-21-25-18-15-22-9-5-8-14-29(22)33-25/h5-9,12-20,23,30H,1-4,10-11,21H2. The third-order valence-electron chi connectivity index (χ3n) is 7.56. The largest absolute Gasteiger partial charge is 0.487 e. The van der Waals surface area contributed by atoms with Gasteiger partial charge in [-0.15, -0.1) is 5.06 Å². The number of carbonyl (C=O) groups excluding carboxylic acids is 2. The van der Waals surface area contributed by atoms with E-state index in [9.17, 15) is 9.59 Å². The van der Waals surface area contributed by atoms with Crippen LogP contribution in [0.4, 0.5) is 0 Å². The topological polar surface area (TPSA) is 68.7 Å². The van der Waals surface area contributed by atoms with Crippen LogP contribution in [0.1, 0.15) is 76.6 Å². The van der Waals surface area contributed by atoms with Crippen molar-refractivity contribution in [2.45, 2.75) is 51.2 Å². The van der Waals surface area contributed by atoms with Gasteiger partial charge in [-0.05, 0) is 60.7 Å². The number of hydrogen-bond donors (Lipinski definition) is 0. The lowest BCUT2D eigenvalue weighted by atomic mass is 9.89. The Morgan fingerprint density at radius 3 is 2.13 bits per heavy atom. The maximum Gasteiger partial charge on any atom is 0.285 e. The Morgan fingerprint density at radius 1 is 0.763 bits per heavy atom. The summed E-state index contributed by atoms with van der Waals surface area (Å²) in [6.45, 7) is 0.363. The summed E-state index contributed by atoms with van der Waals surface area (Å²) in [6, 6.07) is 26.8. The normalized spacial score (nSPS) is 16.9. The number of para-hydroxylation sites is 1. The Balaban J connectivity index is 1.20. The lowest BCUT2D eigenvalue weighted by Crippen LogP contribution is -2.34. The fourth-order valence-corrected chi connectivity index (χ4v) is 5.51. The molecule has 1 aliphatic heterocycles. The molecule has 2 aliphatic rings. The van der Waals surface area contributed by atoms with E-state index in [4.69, 9.17) is 9.57 Å². The molecule has 0 saturated heterocycles. The maximum absolute atomic E-state index is 13.0. The first-order chi connectivity index (χ1) is 18.7. The fraction of sp³-hybridized carbons (Fsp3) is 0.281. The van der Waals surface area contributed by atoms with Crippen LogP contribution in [0.15, 0.2) is 84.9 Å². The molecule has 6 nitrogen and oxygen atoms in total. The number of pyridine rings is 1. The predicted molar refractivity (Wildman–Crippen MR) is 144 cm³/mol. The molecule has 0 spiro atoms. The summed E-state index contributed by atoms with van der Waals surface area (Å²) in [7, 11) is 0. The van der Waals surface area contributed by atoms with Crippen molar-refractivity contribution in [3.8, 4) is 5.75 Å². The summed E-state index contributed by atoms with van der Waals surface area (Å²) in [5.74, 6) is 0.151. The van der Waals surface area contributed by atoms with Crippen molar-refractivity contribution in [3.05, 3.63) is 107 Å². The highest BCUT2D eigenvalue weighted by atomic mass is 16.7. The van der Waals surface area contributed by atoms with Crippen LogP contribution in [-0.4, -0.2) is 21.9 Å². The molecule has 6 heteroatoms. The molecular formula is C32H30N2O4. The van der Waals surface area contributed by atoms with Crippen molar-refractivity contribution < 1.29 is 19.2 Å². The van der Waals surface area contributed by atoms with Crippen LogP contribution in [0.25, 0.3) is 10.9 Å². The number of aromatic nitrogens is 1. The van der Waals surface area contributed by atoms with Gasteiger partial charge in [0, 0.05) is 5.39 Å². The van der Waals surface area contributed by atoms with Crippen molar-refractivity contribution in [1.29, 1.82) is 0 Å². The highest BCUT2D eigenvalue weighted by Gasteiger charge is 2.40. The van der Waals surface area contributed by atoms with Crippen molar-refractivity contribution in [2.75, 3.05) is 0 Å². The van der Waals surface area contributed by atoms with Gasteiger partial charge in [-0.1, -0.05) is 74.2 Å². The molecule has 0 N–H and O–H groups in total. The van der Waals surface area contributed by atoms with E-state index in [1.165, 1.54) is 12.8 Å². The fourth-order valence-electron chi connectivity index (χ4n) is 5.51. The van der Waals surface area contributed by atoms with Gasteiger partial charge in [-0.25, -0.2) is 4.98 Å².